The van der Waals surface area contributed by atoms with Crippen molar-refractivity contribution >= 4 is 45.7 Å². The zero-order valence-corrected chi connectivity index (χ0v) is 16.9. The fourth-order valence-corrected chi connectivity index (χ4v) is 3.67. The molecule has 0 atom stereocenters. The number of halogens is 4. The molecule has 1 N–H and O–H groups in total. The normalized spacial score (nSPS) is 11.2. The number of anilines is 2. The fourth-order valence-electron chi connectivity index (χ4n) is 3.18. The Labute approximate surface area is 176 Å². The van der Waals surface area contributed by atoms with E-state index in [2.05, 4.69) is 17.2 Å². The average Bonchev–Trinajstić information content (AvgIpc) is 3.07. The molecule has 148 valence electrons. The van der Waals surface area contributed by atoms with Crippen LogP contribution in [0.25, 0.3) is 22.4 Å². The lowest BCUT2D eigenvalue weighted by Crippen LogP contribution is -2.02. The van der Waals surface area contributed by atoms with Gasteiger partial charge in [-0.3, -0.25) is 0 Å². The second kappa shape index (κ2) is 7.97. The molecule has 0 amide bonds. The molecule has 2 aromatic carbocycles. The van der Waals surface area contributed by atoms with Crippen LogP contribution in [0.2, 0.25) is 10.0 Å². The van der Waals surface area contributed by atoms with E-state index < -0.39 is 11.6 Å². The van der Waals surface area contributed by atoms with Crippen LogP contribution in [-0.2, 0) is 6.54 Å². The minimum atomic E-state index is -0.992. The number of hydrogen-bond donors (Lipinski definition) is 1. The number of rotatable bonds is 5. The predicted octanol–water partition coefficient (Wildman–Crippen LogP) is 6.84. The first-order chi connectivity index (χ1) is 14.0. The van der Waals surface area contributed by atoms with E-state index in [0.29, 0.717) is 16.4 Å². The predicted molar refractivity (Wildman–Crippen MR) is 113 cm³/mol. The summed E-state index contributed by atoms with van der Waals surface area (Å²) >= 11 is 12.8. The van der Waals surface area contributed by atoms with Gasteiger partial charge in [0.15, 0.2) is 11.6 Å². The number of fused-ring (bicyclic) bond motifs is 1. The molecule has 2 aromatic heterocycles. The van der Waals surface area contributed by atoms with E-state index in [9.17, 15) is 8.78 Å². The largest absolute Gasteiger partial charge is 0.337 e. The molecule has 29 heavy (non-hydrogen) atoms. The molecule has 0 bridgehead atoms. The smallest absolute Gasteiger partial charge is 0.182 e. The van der Waals surface area contributed by atoms with Gasteiger partial charge in [0.05, 0.1) is 26.8 Å². The van der Waals surface area contributed by atoms with Crippen molar-refractivity contribution < 1.29 is 8.78 Å². The summed E-state index contributed by atoms with van der Waals surface area (Å²) in [6.45, 7) is 2.79. The van der Waals surface area contributed by atoms with Gasteiger partial charge in [0.2, 0.25) is 0 Å². The van der Waals surface area contributed by atoms with E-state index in [1.807, 2.05) is 22.8 Å². The molecule has 4 aromatic rings. The van der Waals surface area contributed by atoms with E-state index in [4.69, 9.17) is 28.2 Å². The molecule has 0 radical (unpaired) electrons. The minimum absolute atomic E-state index is 0.0443. The first-order valence-corrected chi connectivity index (χ1v) is 9.77. The number of para-hydroxylation sites is 1. The summed E-state index contributed by atoms with van der Waals surface area (Å²) in [5, 5.41) is 3.60. The number of benzene rings is 2. The van der Waals surface area contributed by atoms with Crippen LogP contribution in [0.1, 0.15) is 13.3 Å². The van der Waals surface area contributed by atoms with Crippen LogP contribution in [0.15, 0.2) is 48.7 Å². The van der Waals surface area contributed by atoms with E-state index in [-0.39, 0.29) is 16.5 Å². The zero-order chi connectivity index (χ0) is 20.5. The van der Waals surface area contributed by atoms with Crippen molar-refractivity contribution in [1.29, 1.82) is 0 Å². The Hall–Kier alpha value is -2.70. The number of aryl methyl sites for hydroxylation is 1. The summed E-state index contributed by atoms with van der Waals surface area (Å²) in [4.78, 5) is 8.99. The second-order valence-corrected chi connectivity index (χ2v) is 7.29. The molecule has 0 spiro atoms. The van der Waals surface area contributed by atoms with Crippen LogP contribution >= 0.6 is 23.2 Å². The van der Waals surface area contributed by atoms with E-state index in [1.165, 1.54) is 12.1 Å². The molecule has 0 saturated carbocycles. The van der Waals surface area contributed by atoms with Gasteiger partial charge < -0.3 is 9.88 Å². The van der Waals surface area contributed by atoms with Crippen molar-refractivity contribution in [3.8, 4) is 11.4 Å². The summed E-state index contributed by atoms with van der Waals surface area (Å²) in [6, 6.07) is 11.1. The summed E-state index contributed by atoms with van der Waals surface area (Å²) in [7, 11) is 0. The van der Waals surface area contributed by atoms with Crippen molar-refractivity contribution in [2.45, 2.75) is 19.9 Å². The number of nitrogens with one attached hydrogen (secondary N) is 1. The molecule has 0 fully saturated rings. The Kier molecular flexibility index (Phi) is 5.39. The molecule has 0 aliphatic heterocycles. The quantitative estimate of drug-likeness (QED) is 0.375. The Balaban J connectivity index is 1.76. The minimum Gasteiger partial charge on any atom is -0.337 e. The standard InChI is InChI=1S/C21H16Cl2F2N4/c1-2-9-29-19-13(22)5-3-8-17(19)28-21(29)12-10-14(23)20(26-11-12)27-16-7-4-6-15(24)18(16)25/h3-8,10-11H,2,9H2,1H3,(H,26,27). The average molecular weight is 433 g/mol. The van der Waals surface area contributed by atoms with Gasteiger partial charge in [-0.1, -0.05) is 42.3 Å². The van der Waals surface area contributed by atoms with Gasteiger partial charge in [-0.25, -0.2) is 18.7 Å². The van der Waals surface area contributed by atoms with Crippen LogP contribution in [0, 0.1) is 11.6 Å². The van der Waals surface area contributed by atoms with E-state index >= 15 is 0 Å². The molecule has 0 aliphatic rings. The van der Waals surface area contributed by atoms with Crippen molar-refractivity contribution in [3.05, 3.63) is 70.3 Å². The summed E-state index contributed by atoms with van der Waals surface area (Å²) < 4.78 is 29.4. The van der Waals surface area contributed by atoms with Crippen molar-refractivity contribution in [3.63, 3.8) is 0 Å². The molecular formula is C21H16Cl2F2N4. The Morgan fingerprint density at radius 1 is 1.07 bits per heavy atom. The fraction of sp³-hybridized carbons (Fsp3) is 0.143. The highest BCUT2D eigenvalue weighted by Gasteiger charge is 2.17. The SMILES string of the molecule is CCCn1c(-c2cnc(Nc3cccc(F)c3F)c(Cl)c2)nc2cccc(Cl)c21. The molecule has 4 rings (SSSR count). The third kappa shape index (κ3) is 3.66. The van der Waals surface area contributed by atoms with Gasteiger partial charge in [-0.2, -0.15) is 0 Å². The maximum absolute atomic E-state index is 13.9. The monoisotopic (exact) mass is 432 g/mol. The number of pyridine rings is 1. The third-order valence-corrected chi connectivity index (χ3v) is 5.06. The Morgan fingerprint density at radius 2 is 1.86 bits per heavy atom. The van der Waals surface area contributed by atoms with Crippen molar-refractivity contribution in [2.75, 3.05) is 5.32 Å². The van der Waals surface area contributed by atoms with Gasteiger partial charge in [-0.15, -0.1) is 0 Å². The molecule has 0 unspecified atom stereocenters. The Morgan fingerprint density at radius 3 is 2.62 bits per heavy atom. The maximum atomic E-state index is 13.9. The first kappa shape index (κ1) is 19.6. The lowest BCUT2D eigenvalue weighted by atomic mass is 10.2. The highest BCUT2D eigenvalue weighted by molar-refractivity contribution is 6.35. The van der Waals surface area contributed by atoms with Gasteiger partial charge in [0.25, 0.3) is 0 Å². The number of nitrogens with zero attached hydrogens (tertiary/aromatic N) is 3. The summed E-state index contributed by atoms with van der Waals surface area (Å²) in [5.74, 6) is -1.04. The summed E-state index contributed by atoms with van der Waals surface area (Å²) in [5.41, 5.74) is 2.28. The summed E-state index contributed by atoms with van der Waals surface area (Å²) in [6.07, 6.45) is 2.48. The van der Waals surface area contributed by atoms with Crippen LogP contribution in [-0.4, -0.2) is 14.5 Å². The van der Waals surface area contributed by atoms with Gasteiger partial charge in [0, 0.05) is 18.3 Å². The maximum Gasteiger partial charge on any atom is 0.182 e. The van der Waals surface area contributed by atoms with Crippen molar-refractivity contribution in [2.24, 2.45) is 0 Å². The van der Waals surface area contributed by atoms with Crippen LogP contribution in [0.5, 0.6) is 0 Å². The van der Waals surface area contributed by atoms with E-state index in [0.717, 1.165) is 30.1 Å². The highest BCUT2D eigenvalue weighted by atomic mass is 35.5. The lowest BCUT2D eigenvalue weighted by molar-refractivity contribution is 0.511. The third-order valence-electron chi connectivity index (χ3n) is 4.47. The molecule has 0 saturated heterocycles. The van der Waals surface area contributed by atoms with Crippen LogP contribution < -0.4 is 5.32 Å². The van der Waals surface area contributed by atoms with Crippen LogP contribution in [0.3, 0.4) is 0 Å². The first-order valence-electron chi connectivity index (χ1n) is 9.01. The van der Waals surface area contributed by atoms with Crippen LogP contribution in [0.4, 0.5) is 20.3 Å². The number of hydrogen-bond acceptors (Lipinski definition) is 3. The molecular weight excluding hydrogens is 417 g/mol. The zero-order valence-electron chi connectivity index (χ0n) is 15.4. The second-order valence-electron chi connectivity index (χ2n) is 6.48. The highest BCUT2D eigenvalue weighted by Crippen LogP contribution is 2.33. The number of imidazole rings is 1. The number of aromatic nitrogens is 3. The molecule has 4 nitrogen and oxygen atoms in total. The van der Waals surface area contributed by atoms with Gasteiger partial charge in [0.1, 0.15) is 11.6 Å². The lowest BCUT2D eigenvalue weighted by Gasteiger charge is -2.11. The van der Waals surface area contributed by atoms with Gasteiger partial charge in [-0.05, 0) is 36.8 Å². The molecule has 8 heteroatoms. The topological polar surface area (TPSA) is 42.7 Å². The Bertz CT molecular complexity index is 1210. The van der Waals surface area contributed by atoms with Gasteiger partial charge >= 0.3 is 0 Å². The molecule has 2 heterocycles. The van der Waals surface area contributed by atoms with E-state index in [1.54, 1.807) is 12.3 Å². The van der Waals surface area contributed by atoms with Crippen molar-refractivity contribution in [1.82, 2.24) is 14.5 Å². The molecule has 0 aliphatic carbocycles.